The molecule has 183 valence electrons. The number of nitrogens with zero attached hydrogens (tertiary/aromatic N) is 3. The second-order valence-electron chi connectivity index (χ2n) is 8.46. The Morgan fingerprint density at radius 2 is 1.70 bits per heavy atom. The number of aryl methyl sites for hydroxylation is 2. The first-order chi connectivity index (χ1) is 17.7. The maximum Gasteiger partial charge on any atom is 0.123 e. The van der Waals surface area contributed by atoms with Crippen molar-refractivity contribution < 1.29 is 24.5 Å². The Kier molecular flexibility index (Phi) is 7.24. The number of thiazole rings is 1. The molecular formula is C31H21IrN3OS-2. The van der Waals surface area contributed by atoms with E-state index >= 15 is 0 Å². The quantitative estimate of drug-likeness (QED) is 0.173. The van der Waals surface area contributed by atoms with Gasteiger partial charge in [0.05, 0.1) is 20.8 Å². The van der Waals surface area contributed by atoms with Crippen molar-refractivity contribution in [3.05, 3.63) is 114 Å². The van der Waals surface area contributed by atoms with Gasteiger partial charge in [-0.1, -0.05) is 35.2 Å². The van der Waals surface area contributed by atoms with Crippen LogP contribution in [-0.4, -0.2) is 15.0 Å². The van der Waals surface area contributed by atoms with Crippen LogP contribution in [0.4, 0.5) is 0 Å². The van der Waals surface area contributed by atoms with Crippen molar-refractivity contribution in [1.82, 2.24) is 15.0 Å². The van der Waals surface area contributed by atoms with Gasteiger partial charge in [0.2, 0.25) is 0 Å². The van der Waals surface area contributed by atoms with Crippen molar-refractivity contribution in [1.29, 1.82) is 0 Å². The standard InChI is InChI=1S/C20H13N2OS.C11H8N.Ir/c1-11-6-7-16(21-10-11)14-5-3-4-13-15-8-19-17(22-12(2)24-19)9-18(15)23-20(13)14;1-2-6-10(7-3-1)11-8-4-5-9-12-11;/h3-4,6-10H,1-2H3;1-6,8-9H;/q2*-1;. The van der Waals surface area contributed by atoms with E-state index in [-0.39, 0.29) is 20.1 Å². The molecule has 4 aromatic heterocycles. The minimum atomic E-state index is 0. The summed E-state index contributed by atoms with van der Waals surface area (Å²) >= 11 is 1.71. The maximum atomic E-state index is 6.18. The molecule has 7 aromatic rings. The molecule has 0 aliphatic heterocycles. The van der Waals surface area contributed by atoms with Crippen LogP contribution in [0.25, 0.3) is 54.7 Å². The molecule has 0 spiro atoms. The second kappa shape index (κ2) is 10.7. The van der Waals surface area contributed by atoms with Gasteiger partial charge in [0.15, 0.2) is 0 Å². The number of rotatable bonds is 2. The van der Waals surface area contributed by atoms with Crippen LogP contribution in [0.2, 0.25) is 0 Å². The minimum Gasteiger partial charge on any atom is -0.501 e. The number of aromatic nitrogens is 3. The molecule has 7 rings (SSSR count). The number of fused-ring (bicyclic) bond motifs is 4. The first-order valence-corrected chi connectivity index (χ1v) is 12.4. The third kappa shape index (κ3) is 5.09. The topological polar surface area (TPSA) is 51.8 Å². The normalized spacial score (nSPS) is 10.8. The number of benzene rings is 3. The van der Waals surface area contributed by atoms with E-state index in [4.69, 9.17) is 4.42 Å². The van der Waals surface area contributed by atoms with Gasteiger partial charge in [-0.25, -0.2) is 4.98 Å². The van der Waals surface area contributed by atoms with Crippen molar-refractivity contribution in [2.24, 2.45) is 0 Å². The largest absolute Gasteiger partial charge is 0.501 e. The zero-order chi connectivity index (χ0) is 24.5. The smallest absolute Gasteiger partial charge is 0.123 e. The molecule has 3 aromatic carbocycles. The summed E-state index contributed by atoms with van der Waals surface area (Å²) in [6.45, 7) is 4.06. The predicted molar refractivity (Wildman–Crippen MR) is 147 cm³/mol. The van der Waals surface area contributed by atoms with Gasteiger partial charge in [-0.3, -0.25) is 0 Å². The van der Waals surface area contributed by atoms with Crippen LogP contribution in [0, 0.1) is 26.0 Å². The molecule has 0 atom stereocenters. The van der Waals surface area contributed by atoms with E-state index in [9.17, 15) is 0 Å². The van der Waals surface area contributed by atoms with Gasteiger partial charge in [-0.05, 0) is 42.9 Å². The third-order valence-electron chi connectivity index (χ3n) is 5.87. The summed E-state index contributed by atoms with van der Waals surface area (Å²) in [4.78, 5) is 13.3. The molecule has 6 heteroatoms. The number of furan rings is 1. The molecule has 0 saturated heterocycles. The molecule has 0 fully saturated rings. The van der Waals surface area contributed by atoms with Gasteiger partial charge >= 0.3 is 0 Å². The monoisotopic (exact) mass is 676 g/mol. The summed E-state index contributed by atoms with van der Waals surface area (Å²) in [6, 6.07) is 32.4. The van der Waals surface area contributed by atoms with Crippen LogP contribution < -0.4 is 0 Å². The molecule has 0 N–H and O–H groups in total. The van der Waals surface area contributed by atoms with E-state index in [0.29, 0.717) is 0 Å². The van der Waals surface area contributed by atoms with Crippen LogP contribution in [-0.2, 0) is 20.1 Å². The molecule has 4 nitrogen and oxygen atoms in total. The Labute approximate surface area is 232 Å². The minimum absolute atomic E-state index is 0. The van der Waals surface area contributed by atoms with E-state index in [1.165, 1.54) is 4.70 Å². The average molecular weight is 676 g/mol. The summed E-state index contributed by atoms with van der Waals surface area (Å²) in [6.07, 6.45) is 3.66. The van der Waals surface area contributed by atoms with Gasteiger partial charge in [-0.15, -0.1) is 65.4 Å². The molecule has 1 radical (unpaired) electrons. The first kappa shape index (κ1) is 25.0. The van der Waals surface area contributed by atoms with Gasteiger partial charge in [-0.2, -0.15) is 0 Å². The first-order valence-electron chi connectivity index (χ1n) is 11.6. The molecular weight excluding hydrogens is 655 g/mol. The number of pyridine rings is 2. The van der Waals surface area contributed by atoms with Crippen LogP contribution in [0.1, 0.15) is 10.6 Å². The Morgan fingerprint density at radius 1 is 0.811 bits per heavy atom. The average Bonchev–Trinajstić information content (AvgIpc) is 3.47. The van der Waals surface area contributed by atoms with E-state index in [2.05, 4.69) is 45.3 Å². The second-order valence-corrected chi connectivity index (χ2v) is 9.69. The summed E-state index contributed by atoms with van der Waals surface area (Å²) < 4.78 is 7.36. The fourth-order valence-corrected chi connectivity index (χ4v) is 5.01. The molecule has 37 heavy (non-hydrogen) atoms. The fourth-order valence-electron chi connectivity index (χ4n) is 4.16. The summed E-state index contributed by atoms with van der Waals surface area (Å²) in [5.74, 6) is 0. The van der Waals surface area contributed by atoms with E-state index in [0.717, 1.165) is 60.5 Å². The van der Waals surface area contributed by atoms with Crippen molar-refractivity contribution in [2.45, 2.75) is 13.8 Å². The third-order valence-corrected chi connectivity index (χ3v) is 6.80. The Balaban J connectivity index is 0.000000183. The van der Waals surface area contributed by atoms with Gasteiger partial charge in [0.1, 0.15) is 5.58 Å². The fraction of sp³-hybridized carbons (Fsp3) is 0.0645. The summed E-state index contributed by atoms with van der Waals surface area (Å²) in [5, 5.41) is 3.28. The zero-order valence-electron chi connectivity index (χ0n) is 20.2. The van der Waals surface area contributed by atoms with Crippen LogP contribution >= 0.6 is 11.3 Å². The van der Waals surface area contributed by atoms with Crippen molar-refractivity contribution >= 4 is 43.5 Å². The molecule has 0 unspecified atom stereocenters. The van der Waals surface area contributed by atoms with Crippen molar-refractivity contribution in [3.8, 4) is 22.5 Å². The van der Waals surface area contributed by atoms with Crippen LogP contribution in [0.5, 0.6) is 0 Å². The molecule has 0 amide bonds. The molecule has 0 aliphatic rings. The van der Waals surface area contributed by atoms with Gasteiger partial charge in [0, 0.05) is 44.0 Å². The van der Waals surface area contributed by atoms with Gasteiger partial charge in [0.25, 0.3) is 0 Å². The predicted octanol–water partition coefficient (Wildman–Crippen LogP) is 8.22. The molecule has 4 heterocycles. The zero-order valence-corrected chi connectivity index (χ0v) is 23.4. The van der Waals surface area contributed by atoms with Crippen LogP contribution in [0.15, 0.2) is 95.7 Å². The summed E-state index contributed by atoms with van der Waals surface area (Å²) in [5.41, 5.74) is 7.60. The van der Waals surface area contributed by atoms with E-state index < -0.39 is 0 Å². The number of hydrogen-bond acceptors (Lipinski definition) is 5. The molecule has 0 aliphatic carbocycles. The number of hydrogen-bond donors (Lipinski definition) is 0. The van der Waals surface area contributed by atoms with Crippen molar-refractivity contribution in [3.63, 3.8) is 0 Å². The summed E-state index contributed by atoms with van der Waals surface area (Å²) in [7, 11) is 0. The van der Waals surface area contributed by atoms with E-state index in [1.54, 1.807) is 17.5 Å². The van der Waals surface area contributed by atoms with Crippen LogP contribution in [0.3, 0.4) is 0 Å². The van der Waals surface area contributed by atoms with Crippen molar-refractivity contribution in [2.75, 3.05) is 0 Å². The maximum absolute atomic E-state index is 6.18. The molecule has 0 bridgehead atoms. The Hall–Kier alpha value is -3.70. The SMILES string of the molecule is Cc1ccc(-c2[c-]ccc3c2oc2cc4nc(C)sc4cc23)nc1.[Ir].[c-]1ccccc1-c1ccccn1. The van der Waals surface area contributed by atoms with E-state index in [1.807, 2.05) is 80.7 Å². The Morgan fingerprint density at radius 3 is 2.46 bits per heavy atom. The molecule has 0 saturated carbocycles. The Bertz CT molecular complexity index is 1760. The van der Waals surface area contributed by atoms with Gasteiger partial charge < -0.3 is 14.4 Å².